The van der Waals surface area contributed by atoms with E-state index in [0.717, 1.165) is 24.2 Å². The summed E-state index contributed by atoms with van der Waals surface area (Å²) in [5.41, 5.74) is 3.22. The summed E-state index contributed by atoms with van der Waals surface area (Å²) >= 11 is 0. The fourth-order valence-corrected chi connectivity index (χ4v) is 2.83. The Morgan fingerprint density at radius 2 is 1.68 bits per heavy atom. The number of hydroxylamine groups is 1. The number of nitrogens with one attached hydrogen (secondary N) is 1. The smallest absolute Gasteiger partial charge is 0.267 e. The third-order valence-corrected chi connectivity index (χ3v) is 4.54. The summed E-state index contributed by atoms with van der Waals surface area (Å²) in [4.78, 5) is 27.6. The van der Waals surface area contributed by atoms with Gasteiger partial charge in [0.1, 0.15) is 0 Å². The van der Waals surface area contributed by atoms with Crippen LogP contribution in [0.4, 0.5) is 0 Å². The third-order valence-electron chi connectivity index (χ3n) is 4.54. The minimum Gasteiger partial charge on any atom is -0.336 e. The van der Waals surface area contributed by atoms with Crippen LogP contribution in [0, 0.1) is 0 Å². The lowest BCUT2D eigenvalue weighted by Crippen LogP contribution is -2.56. The molecule has 25 heavy (non-hydrogen) atoms. The van der Waals surface area contributed by atoms with Crippen LogP contribution in [0.5, 0.6) is 0 Å². The van der Waals surface area contributed by atoms with Crippen LogP contribution in [0.1, 0.15) is 25.0 Å². The molecule has 134 valence electrons. The molecule has 2 atom stereocenters. The van der Waals surface area contributed by atoms with Crippen molar-refractivity contribution in [2.75, 3.05) is 20.1 Å². The summed E-state index contributed by atoms with van der Waals surface area (Å²) in [6.45, 7) is 5.70. The van der Waals surface area contributed by atoms with Gasteiger partial charge in [0.15, 0.2) is 0 Å². The number of piperazine rings is 1. The lowest BCUT2D eigenvalue weighted by Gasteiger charge is -2.42. The number of hydrogen-bond donors (Lipinski definition) is 2. The van der Waals surface area contributed by atoms with Gasteiger partial charge in [-0.2, -0.15) is 0 Å². The molecule has 1 aliphatic rings. The van der Waals surface area contributed by atoms with Gasteiger partial charge in [0, 0.05) is 37.3 Å². The maximum atomic E-state index is 12.4. The van der Waals surface area contributed by atoms with Gasteiger partial charge < -0.3 is 4.90 Å². The Labute approximate surface area is 148 Å². The minimum atomic E-state index is -0.588. The lowest BCUT2D eigenvalue weighted by atomic mass is 10.1. The third kappa shape index (κ3) is 5.27. The molecule has 0 spiro atoms. The number of carbonyl (C=O) groups excluding carboxylic acids is 2. The Kier molecular flexibility index (Phi) is 6.50. The largest absolute Gasteiger partial charge is 0.336 e. The monoisotopic (exact) mass is 343 g/mol. The van der Waals surface area contributed by atoms with Crippen molar-refractivity contribution >= 4 is 24.0 Å². The Bertz CT molecular complexity index is 672. The first-order chi connectivity index (χ1) is 11.9. The van der Waals surface area contributed by atoms with E-state index in [1.54, 1.807) is 23.7 Å². The summed E-state index contributed by atoms with van der Waals surface area (Å²) in [7, 11) is 2.09. The highest BCUT2D eigenvalue weighted by Gasteiger charge is 2.28. The summed E-state index contributed by atoms with van der Waals surface area (Å²) in [6.07, 6.45) is 6.20. The van der Waals surface area contributed by atoms with Gasteiger partial charge in [0.25, 0.3) is 5.91 Å². The number of benzene rings is 1. The molecule has 1 aliphatic heterocycles. The molecule has 0 radical (unpaired) electrons. The van der Waals surface area contributed by atoms with Crippen molar-refractivity contribution in [3.63, 3.8) is 0 Å². The predicted molar refractivity (Wildman–Crippen MR) is 97.7 cm³/mol. The van der Waals surface area contributed by atoms with Gasteiger partial charge in [-0.15, -0.1) is 0 Å². The van der Waals surface area contributed by atoms with Crippen LogP contribution in [-0.2, 0) is 9.59 Å². The highest BCUT2D eigenvalue weighted by Crippen LogP contribution is 2.14. The van der Waals surface area contributed by atoms with E-state index in [1.807, 2.05) is 29.2 Å². The Hall–Kier alpha value is -2.44. The van der Waals surface area contributed by atoms with E-state index in [-0.39, 0.29) is 5.91 Å². The van der Waals surface area contributed by atoms with Gasteiger partial charge in [0.05, 0.1) is 0 Å². The fourth-order valence-electron chi connectivity index (χ4n) is 2.83. The van der Waals surface area contributed by atoms with Gasteiger partial charge in [-0.05, 0) is 50.2 Å². The molecular formula is C19H25N3O3. The van der Waals surface area contributed by atoms with Crippen molar-refractivity contribution in [2.45, 2.75) is 25.9 Å². The summed E-state index contributed by atoms with van der Waals surface area (Å²) in [6, 6.07) is 8.12. The van der Waals surface area contributed by atoms with Crippen LogP contribution in [0.15, 0.2) is 36.4 Å². The zero-order valence-corrected chi connectivity index (χ0v) is 14.8. The van der Waals surface area contributed by atoms with Gasteiger partial charge >= 0.3 is 0 Å². The molecule has 0 saturated carbocycles. The van der Waals surface area contributed by atoms with Crippen LogP contribution >= 0.6 is 0 Å². The quantitative estimate of drug-likeness (QED) is 0.496. The van der Waals surface area contributed by atoms with Crippen LogP contribution in [0.3, 0.4) is 0 Å². The molecule has 2 N–H and O–H groups in total. The van der Waals surface area contributed by atoms with E-state index in [4.69, 9.17) is 5.21 Å². The van der Waals surface area contributed by atoms with Crippen molar-refractivity contribution in [3.05, 3.63) is 47.5 Å². The van der Waals surface area contributed by atoms with Crippen LogP contribution in [0.2, 0.25) is 0 Å². The van der Waals surface area contributed by atoms with E-state index in [0.29, 0.717) is 12.1 Å². The first-order valence-electron chi connectivity index (χ1n) is 8.32. The molecular weight excluding hydrogens is 318 g/mol. The van der Waals surface area contributed by atoms with Gasteiger partial charge in [0.2, 0.25) is 5.91 Å². The second-order valence-corrected chi connectivity index (χ2v) is 6.42. The topological polar surface area (TPSA) is 72.9 Å². The number of amides is 2. The zero-order valence-electron chi connectivity index (χ0n) is 14.8. The van der Waals surface area contributed by atoms with E-state index in [9.17, 15) is 9.59 Å². The molecule has 1 aromatic rings. The first kappa shape index (κ1) is 18.9. The van der Waals surface area contributed by atoms with Crippen molar-refractivity contribution < 1.29 is 14.8 Å². The van der Waals surface area contributed by atoms with Gasteiger partial charge in [-0.1, -0.05) is 18.2 Å². The summed E-state index contributed by atoms with van der Waals surface area (Å²) in [5, 5.41) is 8.48. The van der Waals surface area contributed by atoms with E-state index in [2.05, 4.69) is 25.8 Å². The zero-order chi connectivity index (χ0) is 18.4. The molecule has 0 aliphatic carbocycles. The van der Waals surface area contributed by atoms with Crippen molar-refractivity contribution in [3.8, 4) is 0 Å². The molecule has 2 rings (SSSR count). The molecule has 1 heterocycles. The number of carbonyl (C=O) groups is 2. The SMILES string of the molecule is C[C@@H]1CN(C(=O)/C=C/c2cccc(/C=C/C(=O)NO)c2)C[C@H](C)N1C. The summed E-state index contributed by atoms with van der Waals surface area (Å²) in [5.74, 6) is -0.582. The normalized spacial score (nSPS) is 21.8. The number of nitrogens with zero attached hydrogens (tertiary/aromatic N) is 2. The van der Waals surface area contributed by atoms with Crippen LogP contribution < -0.4 is 5.48 Å². The van der Waals surface area contributed by atoms with Crippen molar-refractivity contribution in [1.82, 2.24) is 15.3 Å². The second-order valence-electron chi connectivity index (χ2n) is 6.42. The highest BCUT2D eigenvalue weighted by molar-refractivity contribution is 5.92. The Morgan fingerprint density at radius 3 is 2.24 bits per heavy atom. The molecule has 0 aromatic heterocycles. The fraction of sp³-hybridized carbons (Fsp3) is 0.368. The average molecular weight is 343 g/mol. The Morgan fingerprint density at radius 1 is 1.12 bits per heavy atom. The minimum absolute atomic E-state index is 0.00686. The maximum Gasteiger partial charge on any atom is 0.267 e. The number of likely N-dealkylation sites (N-methyl/N-ethyl adjacent to an activating group) is 1. The van der Waals surface area contributed by atoms with Crippen LogP contribution in [0.25, 0.3) is 12.2 Å². The molecule has 0 unspecified atom stereocenters. The second kappa shape index (κ2) is 8.60. The molecule has 1 saturated heterocycles. The first-order valence-corrected chi connectivity index (χ1v) is 8.32. The average Bonchev–Trinajstić information content (AvgIpc) is 2.62. The van der Waals surface area contributed by atoms with E-state index >= 15 is 0 Å². The van der Waals surface area contributed by atoms with Crippen molar-refractivity contribution in [1.29, 1.82) is 0 Å². The highest BCUT2D eigenvalue weighted by atomic mass is 16.5. The van der Waals surface area contributed by atoms with Gasteiger partial charge in [-0.25, -0.2) is 5.48 Å². The predicted octanol–water partition coefficient (Wildman–Crippen LogP) is 1.77. The summed E-state index contributed by atoms with van der Waals surface area (Å²) < 4.78 is 0. The molecule has 1 aromatic carbocycles. The standard InChI is InChI=1S/C19H25N3O3/c1-14-12-22(13-15(2)21(14)3)19(24)10-8-17-6-4-5-16(11-17)7-9-18(23)20-25/h4-11,14-15,25H,12-13H2,1-3H3,(H,20,23)/b9-7+,10-8+/t14-,15+. The molecule has 2 amide bonds. The molecule has 6 nitrogen and oxygen atoms in total. The molecule has 1 fully saturated rings. The maximum absolute atomic E-state index is 12.4. The van der Waals surface area contributed by atoms with Gasteiger partial charge in [-0.3, -0.25) is 19.7 Å². The van der Waals surface area contributed by atoms with Crippen molar-refractivity contribution in [2.24, 2.45) is 0 Å². The molecule has 0 bridgehead atoms. The molecule has 6 heteroatoms. The van der Waals surface area contributed by atoms with E-state index < -0.39 is 5.91 Å². The van der Waals surface area contributed by atoms with Crippen LogP contribution in [-0.4, -0.2) is 59.0 Å². The Balaban J connectivity index is 2.02. The van der Waals surface area contributed by atoms with E-state index in [1.165, 1.54) is 6.08 Å². The number of hydrogen-bond acceptors (Lipinski definition) is 4. The lowest BCUT2D eigenvalue weighted by molar-refractivity contribution is -0.129. The number of rotatable bonds is 4.